The number of nitrogens with one attached hydrogen (secondary N) is 1. The number of carbonyl (C=O) groups is 1. The zero-order valence-electron chi connectivity index (χ0n) is 15.7. The van der Waals surface area contributed by atoms with Crippen molar-refractivity contribution in [1.29, 1.82) is 0 Å². The fourth-order valence-electron chi connectivity index (χ4n) is 2.43. The number of ether oxygens (including phenoxy) is 2. The maximum Gasteiger partial charge on any atom is 0.253 e. The number of anilines is 1. The number of hydrogen-bond acceptors (Lipinski definition) is 5. The summed E-state index contributed by atoms with van der Waals surface area (Å²) in [6, 6.07) is 7.79. The molecule has 0 heterocycles. The van der Waals surface area contributed by atoms with Gasteiger partial charge in [-0.2, -0.15) is 0 Å². The van der Waals surface area contributed by atoms with Gasteiger partial charge in [0.05, 0.1) is 31.7 Å². The fraction of sp³-hybridized carbons (Fsp3) is 0.278. The van der Waals surface area contributed by atoms with Gasteiger partial charge in [-0.15, -0.1) is 0 Å². The third kappa shape index (κ3) is 5.01. The highest BCUT2D eigenvalue weighted by Gasteiger charge is 2.23. The zero-order valence-corrected chi connectivity index (χ0v) is 18.1. The Balaban J connectivity index is 2.42. The number of rotatable bonds is 7. The molecular weight excluding hydrogens is 427 g/mol. The first-order chi connectivity index (χ1) is 13.1. The van der Waals surface area contributed by atoms with E-state index in [0.717, 1.165) is 10.6 Å². The van der Waals surface area contributed by atoms with Gasteiger partial charge in [-0.05, 0) is 23.8 Å². The molecule has 0 aliphatic rings. The number of amides is 1. The topological polar surface area (TPSA) is 84.9 Å². The molecular formula is C18H20Cl2N2O5S. The summed E-state index contributed by atoms with van der Waals surface area (Å²) < 4.78 is 35.5. The van der Waals surface area contributed by atoms with Crippen molar-refractivity contribution in [1.82, 2.24) is 5.32 Å². The summed E-state index contributed by atoms with van der Waals surface area (Å²) in [5.74, 6) is 0.0885. The van der Waals surface area contributed by atoms with Crippen molar-refractivity contribution in [3.05, 3.63) is 51.5 Å². The van der Waals surface area contributed by atoms with E-state index in [-0.39, 0.29) is 17.8 Å². The standard InChI is InChI=1S/C18H20Cl2N2O5S/c1-22(28(4,24)25)15-9-17(27-3)16(26-2)8-13(15)18(23)21-10-11-5-6-12(19)7-14(11)20/h5-9H,10H2,1-4H3,(H,21,23). The second kappa shape index (κ2) is 8.89. The molecule has 2 rings (SSSR count). The van der Waals surface area contributed by atoms with Crippen LogP contribution in [0.4, 0.5) is 5.69 Å². The Labute approximate surface area is 174 Å². The molecule has 0 unspecified atom stereocenters. The SMILES string of the molecule is COc1cc(C(=O)NCc2ccc(Cl)cc2Cl)c(N(C)S(C)(=O)=O)cc1OC. The lowest BCUT2D eigenvalue weighted by atomic mass is 10.1. The van der Waals surface area contributed by atoms with Gasteiger partial charge in [-0.1, -0.05) is 29.3 Å². The van der Waals surface area contributed by atoms with Crippen LogP contribution in [0.1, 0.15) is 15.9 Å². The molecule has 10 heteroatoms. The van der Waals surface area contributed by atoms with Gasteiger partial charge in [0.2, 0.25) is 10.0 Å². The van der Waals surface area contributed by atoms with Crippen LogP contribution in [-0.2, 0) is 16.6 Å². The van der Waals surface area contributed by atoms with Gasteiger partial charge in [-0.25, -0.2) is 8.42 Å². The predicted molar refractivity (Wildman–Crippen MR) is 110 cm³/mol. The first-order valence-electron chi connectivity index (χ1n) is 8.00. The van der Waals surface area contributed by atoms with Crippen molar-refractivity contribution in [3.63, 3.8) is 0 Å². The quantitative estimate of drug-likeness (QED) is 0.704. The summed E-state index contributed by atoms with van der Waals surface area (Å²) in [6.07, 6.45) is 1.04. The predicted octanol–water partition coefficient (Wildman–Crippen LogP) is 3.34. The Hall–Kier alpha value is -2.16. The number of nitrogens with zero attached hydrogens (tertiary/aromatic N) is 1. The smallest absolute Gasteiger partial charge is 0.253 e. The van der Waals surface area contributed by atoms with Crippen LogP contribution in [0.2, 0.25) is 10.0 Å². The molecule has 0 saturated heterocycles. The molecule has 0 spiro atoms. The van der Waals surface area contributed by atoms with Crippen LogP contribution < -0.4 is 19.1 Å². The summed E-state index contributed by atoms with van der Waals surface area (Å²) in [5.41, 5.74) is 0.924. The molecule has 1 N–H and O–H groups in total. The molecule has 0 aliphatic carbocycles. The van der Waals surface area contributed by atoms with E-state index in [1.807, 2.05) is 0 Å². The minimum atomic E-state index is -3.61. The molecule has 1 amide bonds. The van der Waals surface area contributed by atoms with E-state index >= 15 is 0 Å². The Morgan fingerprint density at radius 1 is 1.11 bits per heavy atom. The molecule has 0 aliphatic heterocycles. The number of hydrogen-bond donors (Lipinski definition) is 1. The van der Waals surface area contributed by atoms with Crippen LogP contribution in [-0.4, -0.2) is 41.8 Å². The molecule has 0 aromatic heterocycles. The molecule has 2 aromatic rings. The summed E-state index contributed by atoms with van der Waals surface area (Å²) in [4.78, 5) is 12.8. The second-order valence-electron chi connectivity index (χ2n) is 5.87. The first-order valence-corrected chi connectivity index (χ1v) is 10.6. The Bertz CT molecular complexity index is 996. The molecule has 7 nitrogen and oxygen atoms in total. The van der Waals surface area contributed by atoms with E-state index in [1.54, 1.807) is 18.2 Å². The fourth-order valence-corrected chi connectivity index (χ4v) is 3.41. The second-order valence-corrected chi connectivity index (χ2v) is 8.73. The lowest BCUT2D eigenvalue weighted by molar-refractivity contribution is 0.0951. The molecule has 0 saturated carbocycles. The maximum absolute atomic E-state index is 12.8. The van der Waals surface area contributed by atoms with Crippen molar-refractivity contribution in [3.8, 4) is 11.5 Å². The van der Waals surface area contributed by atoms with Crippen LogP contribution in [0.25, 0.3) is 0 Å². The van der Waals surface area contributed by atoms with Gasteiger partial charge in [0.25, 0.3) is 5.91 Å². The Kier molecular flexibility index (Phi) is 7.03. The number of sulfonamides is 1. The van der Waals surface area contributed by atoms with Crippen LogP contribution >= 0.6 is 23.2 Å². The third-order valence-electron chi connectivity index (χ3n) is 4.04. The lowest BCUT2D eigenvalue weighted by Crippen LogP contribution is -2.30. The highest BCUT2D eigenvalue weighted by molar-refractivity contribution is 7.92. The third-order valence-corrected chi connectivity index (χ3v) is 5.82. The van der Waals surface area contributed by atoms with E-state index in [4.69, 9.17) is 32.7 Å². The molecule has 0 fully saturated rings. The Morgan fingerprint density at radius 2 is 1.71 bits per heavy atom. The summed E-state index contributed by atoms with van der Waals surface area (Å²) >= 11 is 12.0. The maximum atomic E-state index is 12.8. The summed E-state index contributed by atoms with van der Waals surface area (Å²) in [6.45, 7) is 0.130. The number of methoxy groups -OCH3 is 2. The van der Waals surface area contributed by atoms with Crippen molar-refractivity contribution >= 4 is 44.8 Å². The number of carbonyl (C=O) groups excluding carboxylic acids is 1. The molecule has 2 aromatic carbocycles. The lowest BCUT2D eigenvalue weighted by Gasteiger charge is -2.22. The average Bonchev–Trinajstić information content (AvgIpc) is 2.64. The van der Waals surface area contributed by atoms with E-state index in [1.165, 1.54) is 33.4 Å². The van der Waals surface area contributed by atoms with E-state index in [9.17, 15) is 13.2 Å². The van der Waals surface area contributed by atoms with Crippen molar-refractivity contribution in [2.45, 2.75) is 6.54 Å². The van der Waals surface area contributed by atoms with Crippen LogP contribution in [0.5, 0.6) is 11.5 Å². The highest BCUT2D eigenvalue weighted by atomic mass is 35.5. The minimum Gasteiger partial charge on any atom is -0.493 e. The van der Waals surface area contributed by atoms with Gasteiger partial charge in [0.15, 0.2) is 11.5 Å². The molecule has 0 bridgehead atoms. The van der Waals surface area contributed by atoms with Crippen LogP contribution in [0.15, 0.2) is 30.3 Å². The number of benzene rings is 2. The van der Waals surface area contributed by atoms with E-state index < -0.39 is 15.9 Å². The molecule has 152 valence electrons. The monoisotopic (exact) mass is 446 g/mol. The van der Waals surface area contributed by atoms with Gasteiger partial charge < -0.3 is 14.8 Å². The summed E-state index contributed by atoms with van der Waals surface area (Å²) in [5, 5.41) is 3.62. The minimum absolute atomic E-state index is 0.107. The van der Waals surface area contributed by atoms with Crippen LogP contribution in [0.3, 0.4) is 0 Å². The van der Waals surface area contributed by atoms with Gasteiger partial charge in [0.1, 0.15) is 0 Å². The molecule has 0 radical (unpaired) electrons. The highest BCUT2D eigenvalue weighted by Crippen LogP contribution is 2.35. The zero-order chi connectivity index (χ0) is 21.1. The van der Waals surface area contributed by atoms with Crippen molar-refractivity contribution < 1.29 is 22.7 Å². The first kappa shape index (κ1) is 22.1. The molecule has 28 heavy (non-hydrogen) atoms. The van der Waals surface area contributed by atoms with E-state index in [0.29, 0.717) is 27.1 Å². The van der Waals surface area contributed by atoms with Gasteiger partial charge in [-0.3, -0.25) is 9.10 Å². The van der Waals surface area contributed by atoms with E-state index in [2.05, 4.69) is 5.32 Å². The largest absolute Gasteiger partial charge is 0.493 e. The number of halogens is 2. The van der Waals surface area contributed by atoms with Gasteiger partial charge >= 0.3 is 0 Å². The summed E-state index contributed by atoms with van der Waals surface area (Å²) in [7, 11) is 0.581. The average molecular weight is 447 g/mol. The molecule has 0 atom stereocenters. The van der Waals surface area contributed by atoms with Gasteiger partial charge in [0, 0.05) is 29.7 Å². The Morgan fingerprint density at radius 3 is 2.25 bits per heavy atom. The van der Waals surface area contributed by atoms with Crippen molar-refractivity contribution in [2.24, 2.45) is 0 Å². The van der Waals surface area contributed by atoms with Crippen molar-refractivity contribution in [2.75, 3.05) is 31.8 Å². The van der Waals surface area contributed by atoms with Crippen LogP contribution in [0, 0.1) is 0 Å². The normalized spacial score (nSPS) is 11.1.